The van der Waals surface area contributed by atoms with Gasteiger partial charge >= 0.3 is 5.69 Å². The Hall–Kier alpha value is -4.38. The standard InChI is InChI=1S/C42H54N5O8P/c1-29(2)47(30(3)4)56(53-27-25-44-5)55-39-36(14-11-24-43)40(46-26-23-38(48)45-41(46)49)54-37(39)28-52-42(31-12-9-8-10-13-31,32-15-19-34(50-6)20-16-32)33-17-21-35(51-7)22-18-33/h8-10,12-13,15-23,26,29-30,36-37,39-40H,11,14,24-25,27-28,43H2,1-4,6-7H3,(H,45,48,49)/t36?,37-,39-,40-,56?/m1/s1. The molecule has 2 unspecified atom stereocenters. The maximum atomic E-state index is 13.4. The zero-order chi connectivity index (χ0) is 40.2. The van der Waals surface area contributed by atoms with Crippen LogP contribution in [0.2, 0.25) is 0 Å². The summed E-state index contributed by atoms with van der Waals surface area (Å²) in [6.45, 7) is 16.5. The molecule has 13 nitrogen and oxygen atoms in total. The summed E-state index contributed by atoms with van der Waals surface area (Å²) in [5.41, 5.74) is 6.37. The minimum absolute atomic E-state index is 0.0138. The van der Waals surface area contributed by atoms with E-state index in [4.69, 9.17) is 40.3 Å². The maximum absolute atomic E-state index is 13.4. The van der Waals surface area contributed by atoms with Crippen LogP contribution in [0.5, 0.6) is 11.5 Å². The van der Waals surface area contributed by atoms with Crippen molar-refractivity contribution in [2.24, 2.45) is 11.7 Å². The van der Waals surface area contributed by atoms with Gasteiger partial charge in [-0.25, -0.2) is 16.0 Å². The summed E-state index contributed by atoms with van der Waals surface area (Å²) in [6, 6.07) is 26.9. The monoisotopic (exact) mass is 787 g/mol. The van der Waals surface area contributed by atoms with E-state index in [9.17, 15) is 9.59 Å². The van der Waals surface area contributed by atoms with Crippen molar-refractivity contribution in [2.45, 2.75) is 76.7 Å². The maximum Gasteiger partial charge on any atom is 0.330 e. The van der Waals surface area contributed by atoms with Crippen molar-refractivity contribution in [3.8, 4) is 11.5 Å². The molecule has 300 valence electrons. The van der Waals surface area contributed by atoms with Crippen LogP contribution in [0.1, 0.15) is 63.5 Å². The van der Waals surface area contributed by atoms with Crippen molar-refractivity contribution in [3.63, 3.8) is 0 Å². The van der Waals surface area contributed by atoms with E-state index in [1.165, 1.54) is 16.8 Å². The second kappa shape index (κ2) is 20.2. The first-order valence-corrected chi connectivity index (χ1v) is 20.1. The lowest BCUT2D eigenvalue weighted by Crippen LogP contribution is -2.41. The molecule has 5 rings (SSSR count). The number of methoxy groups -OCH3 is 2. The van der Waals surface area contributed by atoms with Crippen LogP contribution in [0, 0.1) is 12.5 Å². The minimum atomic E-state index is -1.73. The first kappa shape index (κ1) is 42.8. The van der Waals surface area contributed by atoms with E-state index >= 15 is 0 Å². The molecule has 4 aromatic rings. The highest BCUT2D eigenvalue weighted by Crippen LogP contribution is 2.52. The van der Waals surface area contributed by atoms with Gasteiger partial charge in [0.15, 0.2) is 0 Å². The average Bonchev–Trinajstić information content (AvgIpc) is 3.53. The summed E-state index contributed by atoms with van der Waals surface area (Å²) in [4.78, 5) is 31.5. The third-order valence-electron chi connectivity index (χ3n) is 9.84. The average molecular weight is 788 g/mol. The number of nitrogens with two attached hydrogens (primary N) is 1. The molecule has 0 spiro atoms. The molecule has 0 aliphatic carbocycles. The first-order chi connectivity index (χ1) is 27.1. The van der Waals surface area contributed by atoms with Crippen LogP contribution in [-0.4, -0.2) is 79.0 Å². The lowest BCUT2D eigenvalue weighted by Gasteiger charge is -2.39. The number of ether oxygens (including phenoxy) is 4. The fraction of sp³-hybridized carbons (Fsp3) is 0.452. The topological polar surface area (TPSA) is 144 Å². The molecule has 1 aliphatic rings. The molecule has 3 N–H and O–H groups in total. The van der Waals surface area contributed by atoms with Crippen molar-refractivity contribution in [1.29, 1.82) is 0 Å². The van der Waals surface area contributed by atoms with Crippen LogP contribution < -0.4 is 26.5 Å². The number of H-pyrrole nitrogens is 1. The Morgan fingerprint density at radius 2 is 1.50 bits per heavy atom. The fourth-order valence-electron chi connectivity index (χ4n) is 7.31. The van der Waals surface area contributed by atoms with Crippen molar-refractivity contribution in [3.05, 3.63) is 140 Å². The highest BCUT2D eigenvalue weighted by atomic mass is 31.2. The molecule has 56 heavy (non-hydrogen) atoms. The Balaban J connectivity index is 1.67. The van der Waals surface area contributed by atoms with E-state index in [-0.39, 0.29) is 31.8 Å². The molecule has 5 atom stereocenters. The molecule has 2 heterocycles. The predicted molar refractivity (Wildman–Crippen MR) is 217 cm³/mol. The Morgan fingerprint density at radius 1 is 0.911 bits per heavy atom. The number of nitrogens with one attached hydrogen (secondary N) is 1. The molecular weight excluding hydrogens is 733 g/mol. The Kier molecular flexibility index (Phi) is 15.4. The number of hydrogen-bond acceptors (Lipinski definition) is 10. The largest absolute Gasteiger partial charge is 0.497 e. The highest BCUT2D eigenvalue weighted by Gasteiger charge is 2.50. The normalized spacial score (nSPS) is 19.0. The van der Waals surface area contributed by atoms with Crippen LogP contribution in [0.25, 0.3) is 4.85 Å². The number of aromatic nitrogens is 2. The van der Waals surface area contributed by atoms with Gasteiger partial charge in [-0.15, -0.1) is 0 Å². The van der Waals surface area contributed by atoms with Gasteiger partial charge in [0.05, 0.1) is 20.8 Å². The zero-order valence-corrected chi connectivity index (χ0v) is 33.9. The van der Waals surface area contributed by atoms with Gasteiger partial charge in [0.25, 0.3) is 14.1 Å². The molecular formula is C42H54N5O8P. The number of hydrogen-bond donors (Lipinski definition) is 2. The Labute approximate surface area is 330 Å². The summed E-state index contributed by atoms with van der Waals surface area (Å²) < 4.78 is 42.4. The zero-order valence-electron chi connectivity index (χ0n) is 33.0. The van der Waals surface area contributed by atoms with E-state index < -0.39 is 49.7 Å². The van der Waals surface area contributed by atoms with E-state index in [1.807, 2.05) is 78.9 Å². The third-order valence-corrected chi connectivity index (χ3v) is 12.0. The SMILES string of the molecule is [C-]#[N+]CCOP(O[C@@H]1C(CCCN)[C@H](n2ccc(=O)[nH]c2=O)O[C@@H]1COC(c1ccccc1)(c1ccc(OC)cc1)c1ccc(OC)cc1)N(C(C)C)C(C)C. The van der Waals surface area contributed by atoms with Gasteiger partial charge in [0.2, 0.25) is 6.54 Å². The molecule has 1 aliphatic heterocycles. The Bertz CT molecular complexity index is 1910. The van der Waals surface area contributed by atoms with E-state index in [0.29, 0.717) is 30.9 Å². The van der Waals surface area contributed by atoms with Crippen LogP contribution in [0.3, 0.4) is 0 Å². The van der Waals surface area contributed by atoms with Gasteiger partial charge in [0.1, 0.15) is 42.1 Å². The van der Waals surface area contributed by atoms with Crippen molar-refractivity contribution in [2.75, 3.05) is 40.5 Å². The fourth-order valence-corrected chi connectivity index (χ4v) is 9.11. The minimum Gasteiger partial charge on any atom is -0.497 e. The molecule has 3 aromatic carbocycles. The molecule has 0 radical (unpaired) electrons. The molecule has 1 fully saturated rings. The molecule has 0 amide bonds. The molecule has 14 heteroatoms. The van der Waals surface area contributed by atoms with Gasteiger partial charge < -0.3 is 38.6 Å². The number of nitrogens with zero attached hydrogens (tertiary/aromatic N) is 3. The second-order valence-electron chi connectivity index (χ2n) is 14.1. The third kappa shape index (κ3) is 9.76. The van der Waals surface area contributed by atoms with Gasteiger partial charge in [-0.1, -0.05) is 54.6 Å². The number of benzene rings is 3. The van der Waals surface area contributed by atoms with Gasteiger partial charge in [-0.2, -0.15) is 0 Å². The molecule has 0 bridgehead atoms. The van der Waals surface area contributed by atoms with Crippen LogP contribution in [-0.2, 0) is 24.1 Å². The predicted octanol–water partition coefficient (Wildman–Crippen LogP) is 6.48. The van der Waals surface area contributed by atoms with Crippen LogP contribution in [0.4, 0.5) is 0 Å². The summed E-state index contributed by atoms with van der Waals surface area (Å²) >= 11 is 0. The first-order valence-electron chi connectivity index (χ1n) is 18.9. The highest BCUT2D eigenvalue weighted by molar-refractivity contribution is 7.44. The smallest absolute Gasteiger partial charge is 0.330 e. The van der Waals surface area contributed by atoms with Crippen LogP contribution >= 0.6 is 8.53 Å². The van der Waals surface area contributed by atoms with Crippen molar-refractivity contribution < 1.29 is 28.0 Å². The van der Waals surface area contributed by atoms with Gasteiger partial charge in [-0.3, -0.25) is 14.3 Å². The summed E-state index contributed by atoms with van der Waals surface area (Å²) in [5.74, 6) is 0.988. The lowest BCUT2D eigenvalue weighted by atomic mass is 9.80. The van der Waals surface area contributed by atoms with Gasteiger partial charge in [-0.05, 0) is 88.0 Å². The van der Waals surface area contributed by atoms with E-state index in [2.05, 4.69) is 42.2 Å². The van der Waals surface area contributed by atoms with Gasteiger partial charge in [0, 0.05) is 30.3 Å². The van der Waals surface area contributed by atoms with E-state index in [0.717, 1.165) is 16.7 Å². The van der Waals surface area contributed by atoms with Crippen molar-refractivity contribution in [1.82, 2.24) is 14.2 Å². The summed E-state index contributed by atoms with van der Waals surface area (Å²) in [5, 5.41) is 0. The molecule has 1 saturated heterocycles. The van der Waals surface area contributed by atoms with Crippen LogP contribution in [0.15, 0.2) is 101 Å². The van der Waals surface area contributed by atoms with Crippen molar-refractivity contribution >= 4 is 8.53 Å². The quantitative estimate of drug-likeness (QED) is 0.0442. The number of aromatic amines is 1. The summed E-state index contributed by atoms with van der Waals surface area (Å²) in [7, 11) is 1.53. The molecule has 0 saturated carbocycles. The lowest BCUT2D eigenvalue weighted by molar-refractivity contribution is -0.0933. The second-order valence-corrected chi connectivity index (χ2v) is 15.5. The summed E-state index contributed by atoms with van der Waals surface area (Å²) in [6.07, 6.45) is 0.388. The van der Waals surface area contributed by atoms with E-state index in [1.54, 1.807) is 14.2 Å². The Morgan fingerprint density at radius 3 is 2.02 bits per heavy atom. The molecule has 1 aromatic heterocycles. The number of rotatable bonds is 20.